The average molecular weight is 485 g/mol. The zero-order valence-corrected chi connectivity index (χ0v) is 20.9. The lowest BCUT2D eigenvalue weighted by Gasteiger charge is -2.16. The first kappa shape index (κ1) is 24.3. The molecule has 1 fully saturated rings. The monoisotopic (exact) mass is 484 g/mol. The molecule has 1 heterocycles. The Morgan fingerprint density at radius 2 is 1.77 bits per heavy atom. The largest absolute Gasteiger partial charge is 0.384 e. The molecular formula is C28H28N4O2S. The fourth-order valence-corrected chi connectivity index (χ4v) is 4.57. The van der Waals surface area contributed by atoms with E-state index in [0.717, 1.165) is 22.5 Å². The van der Waals surface area contributed by atoms with Crippen LogP contribution in [0.3, 0.4) is 0 Å². The molecule has 0 unspecified atom stereocenters. The SMILES string of the molecule is CCNc1ccc(C(C)=O)cc1/N=C1/S/C(=C/Nc2ccccc2C)C(=O)N1Cc1ccccc1. The minimum absolute atomic E-state index is 0.0335. The fraction of sp³-hybridized carbons (Fsp3) is 0.179. The first-order valence-electron chi connectivity index (χ1n) is 11.5. The van der Waals surface area contributed by atoms with Crippen molar-refractivity contribution in [3.63, 3.8) is 0 Å². The van der Waals surface area contributed by atoms with Gasteiger partial charge in [-0.2, -0.15) is 0 Å². The van der Waals surface area contributed by atoms with Crippen molar-refractivity contribution >= 4 is 45.7 Å². The van der Waals surface area contributed by atoms with E-state index in [0.29, 0.717) is 34.4 Å². The number of ketones is 1. The number of amides is 1. The summed E-state index contributed by atoms with van der Waals surface area (Å²) in [6.45, 7) is 6.66. The fourth-order valence-electron chi connectivity index (χ4n) is 3.66. The van der Waals surface area contributed by atoms with E-state index in [9.17, 15) is 9.59 Å². The molecule has 0 spiro atoms. The second-order valence-electron chi connectivity index (χ2n) is 8.16. The molecular weight excluding hydrogens is 456 g/mol. The van der Waals surface area contributed by atoms with E-state index in [-0.39, 0.29) is 11.7 Å². The van der Waals surface area contributed by atoms with Crippen LogP contribution < -0.4 is 10.6 Å². The number of carbonyl (C=O) groups excluding carboxylic acids is 2. The number of hydrogen-bond donors (Lipinski definition) is 2. The molecule has 0 aromatic heterocycles. The number of amidine groups is 1. The van der Waals surface area contributed by atoms with Crippen LogP contribution in [-0.4, -0.2) is 28.3 Å². The molecule has 35 heavy (non-hydrogen) atoms. The summed E-state index contributed by atoms with van der Waals surface area (Å²) in [7, 11) is 0. The van der Waals surface area contributed by atoms with Crippen LogP contribution >= 0.6 is 11.8 Å². The van der Waals surface area contributed by atoms with Gasteiger partial charge in [-0.05, 0) is 67.9 Å². The Morgan fingerprint density at radius 1 is 1.03 bits per heavy atom. The lowest BCUT2D eigenvalue weighted by molar-refractivity contribution is -0.122. The summed E-state index contributed by atoms with van der Waals surface area (Å²) in [5, 5.41) is 7.13. The van der Waals surface area contributed by atoms with Gasteiger partial charge in [0.1, 0.15) is 0 Å². The summed E-state index contributed by atoms with van der Waals surface area (Å²) in [4.78, 5) is 32.6. The second kappa shape index (κ2) is 11.1. The minimum Gasteiger partial charge on any atom is -0.384 e. The summed E-state index contributed by atoms with van der Waals surface area (Å²) in [6.07, 6.45) is 1.74. The first-order valence-corrected chi connectivity index (χ1v) is 12.3. The maximum Gasteiger partial charge on any atom is 0.268 e. The molecule has 0 atom stereocenters. The molecule has 7 heteroatoms. The van der Waals surface area contributed by atoms with Gasteiger partial charge in [0.25, 0.3) is 5.91 Å². The highest BCUT2D eigenvalue weighted by Gasteiger charge is 2.34. The third kappa shape index (κ3) is 5.81. The predicted molar refractivity (Wildman–Crippen MR) is 145 cm³/mol. The Hall–Kier alpha value is -3.84. The van der Waals surface area contributed by atoms with Crippen molar-refractivity contribution in [3.05, 3.63) is 101 Å². The maximum absolute atomic E-state index is 13.4. The van der Waals surface area contributed by atoms with Gasteiger partial charge < -0.3 is 10.6 Å². The van der Waals surface area contributed by atoms with E-state index in [1.807, 2.05) is 74.5 Å². The van der Waals surface area contributed by atoms with Gasteiger partial charge in [-0.25, -0.2) is 4.99 Å². The summed E-state index contributed by atoms with van der Waals surface area (Å²) in [5.41, 5.74) is 5.05. The lowest BCUT2D eigenvalue weighted by atomic mass is 10.1. The topological polar surface area (TPSA) is 73.8 Å². The average Bonchev–Trinajstić information content (AvgIpc) is 3.14. The van der Waals surface area contributed by atoms with Crippen molar-refractivity contribution in [2.45, 2.75) is 27.3 Å². The highest BCUT2D eigenvalue weighted by Crippen LogP contribution is 2.36. The number of para-hydroxylation sites is 1. The third-order valence-corrected chi connectivity index (χ3v) is 6.57. The van der Waals surface area contributed by atoms with Gasteiger partial charge in [0.2, 0.25) is 0 Å². The number of hydrogen-bond acceptors (Lipinski definition) is 6. The number of rotatable bonds is 8. The van der Waals surface area contributed by atoms with Crippen LogP contribution in [0.15, 0.2) is 88.9 Å². The van der Waals surface area contributed by atoms with Gasteiger partial charge in [-0.15, -0.1) is 0 Å². The number of aliphatic imine (C=N–C) groups is 1. The molecule has 178 valence electrons. The zero-order chi connectivity index (χ0) is 24.8. The van der Waals surface area contributed by atoms with Crippen molar-refractivity contribution in [1.82, 2.24) is 4.90 Å². The molecule has 4 rings (SSSR count). The van der Waals surface area contributed by atoms with Crippen molar-refractivity contribution in [2.75, 3.05) is 17.2 Å². The standard InChI is InChI=1S/C28H28N4O2S/c1-4-29-24-15-14-22(20(3)33)16-25(24)31-28-32(18-21-11-6-5-7-12-21)27(34)26(35-28)17-30-23-13-9-8-10-19(23)2/h5-17,29-30H,4,18H2,1-3H3/b26-17+,31-28+. The van der Waals surface area contributed by atoms with Crippen LogP contribution in [0.5, 0.6) is 0 Å². The number of aryl methyl sites for hydroxylation is 1. The zero-order valence-electron chi connectivity index (χ0n) is 20.0. The van der Waals surface area contributed by atoms with Gasteiger partial charge in [-0.1, -0.05) is 48.5 Å². The lowest BCUT2D eigenvalue weighted by Crippen LogP contribution is -2.28. The van der Waals surface area contributed by atoms with E-state index in [1.165, 1.54) is 18.7 Å². The van der Waals surface area contributed by atoms with Gasteiger partial charge in [0.15, 0.2) is 11.0 Å². The number of thioether (sulfide) groups is 1. The number of benzene rings is 3. The Morgan fingerprint density at radius 3 is 2.49 bits per heavy atom. The molecule has 1 aliphatic rings. The highest BCUT2D eigenvalue weighted by atomic mass is 32.2. The molecule has 2 N–H and O–H groups in total. The number of nitrogens with one attached hydrogen (secondary N) is 2. The summed E-state index contributed by atoms with van der Waals surface area (Å²) >= 11 is 1.32. The Kier molecular flexibility index (Phi) is 7.67. The number of Topliss-reactive ketones (excluding diaryl/α,β-unsaturated/α-hetero) is 1. The van der Waals surface area contributed by atoms with Crippen LogP contribution in [0.25, 0.3) is 0 Å². The van der Waals surface area contributed by atoms with Gasteiger partial charge in [-0.3, -0.25) is 14.5 Å². The molecule has 0 bridgehead atoms. The molecule has 1 aliphatic heterocycles. The number of carbonyl (C=O) groups is 2. The van der Waals surface area contributed by atoms with E-state index < -0.39 is 0 Å². The molecule has 0 aliphatic carbocycles. The van der Waals surface area contributed by atoms with Gasteiger partial charge in [0, 0.05) is 24.0 Å². The smallest absolute Gasteiger partial charge is 0.268 e. The molecule has 6 nitrogen and oxygen atoms in total. The Bertz CT molecular complexity index is 1300. The van der Waals surface area contributed by atoms with E-state index >= 15 is 0 Å². The van der Waals surface area contributed by atoms with Crippen molar-refractivity contribution in [2.24, 2.45) is 4.99 Å². The molecule has 1 amide bonds. The Balaban J connectivity index is 1.72. The van der Waals surface area contributed by atoms with Crippen LogP contribution in [0.4, 0.5) is 17.1 Å². The Labute approximate surface area is 210 Å². The van der Waals surface area contributed by atoms with Crippen molar-refractivity contribution < 1.29 is 9.59 Å². The first-order chi connectivity index (χ1) is 17.0. The van der Waals surface area contributed by atoms with Crippen LogP contribution in [0.2, 0.25) is 0 Å². The van der Waals surface area contributed by atoms with E-state index in [1.54, 1.807) is 23.2 Å². The van der Waals surface area contributed by atoms with Crippen LogP contribution in [0.1, 0.15) is 35.3 Å². The van der Waals surface area contributed by atoms with E-state index in [2.05, 4.69) is 10.6 Å². The quantitative estimate of drug-likeness (QED) is 0.288. The molecule has 0 radical (unpaired) electrons. The molecule has 1 saturated heterocycles. The second-order valence-corrected chi connectivity index (χ2v) is 9.17. The van der Waals surface area contributed by atoms with Crippen molar-refractivity contribution in [3.8, 4) is 0 Å². The summed E-state index contributed by atoms with van der Waals surface area (Å²) < 4.78 is 0. The molecule has 3 aromatic carbocycles. The maximum atomic E-state index is 13.4. The number of anilines is 2. The third-order valence-electron chi connectivity index (χ3n) is 5.56. The summed E-state index contributed by atoms with van der Waals surface area (Å²) in [6, 6.07) is 23.2. The minimum atomic E-state index is -0.119. The highest BCUT2D eigenvalue weighted by molar-refractivity contribution is 8.18. The number of nitrogens with zero attached hydrogens (tertiary/aromatic N) is 2. The van der Waals surface area contributed by atoms with Gasteiger partial charge in [0.05, 0.1) is 22.8 Å². The summed E-state index contributed by atoms with van der Waals surface area (Å²) in [5.74, 6) is -0.153. The van der Waals surface area contributed by atoms with Crippen molar-refractivity contribution in [1.29, 1.82) is 0 Å². The molecule has 3 aromatic rings. The van der Waals surface area contributed by atoms with Crippen LogP contribution in [0, 0.1) is 6.92 Å². The van der Waals surface area contributed by atoms with Gasteiger partial charge >= 0.3 is 0 Å². The predicted octanol–water partition coefficient (Wildman–Crippen LogP) is 6.35. The van der Waals surface area contributed by atoms with Crippen LogP contribution in [-0.2, 0) is 11.3 Å². The normalized spacial score (nSPS) is 15.6. The van der Waals surface area contributed by atoms with E-state index in [4.69, 9.17) is 4.99 Å². The molecule has 0 saturated carbocycles.